The van der Waals surface area contributed by atoms with Crippen LogP contribution in [0.25, 0.3) is 11.0 Å². The number of aryl methyl sites for hydroxylation is 2. The smallest absolute Gasteiger partial charge is 0.371 e. The van der Waals surface area contributed by atoms with Crippen molar-refractivity contribution in [3.63, 3.8) is 0 Å². The number of fused-ring (bicyclic) bond motifs is 1. The first kappa shape index (κ1) is 24.2. The summed E-state index contributed by atoms with van der Waals surface area (Å²) in [6.07, 6.45) is -2.92. The molecule has 7 heteroatoms. The van der Waals surface area contributed by atoms with Crippen molar-refractivity contribution in [1.29, 1.82) is 0 Å². The molecule has 1 aliphatic rings. The highest BCUT2D eigenvalue weighted by Crippen LogP contribution is 2.37. The molecule has 4 nitrogen and oxygen atoms in total. The second-order valence-electron chi connectivity index (χ2n) is 9.73. The molecule has 1 atom stereocenters. The summed E-state index contributed by atoms with van der Waals surface area (Å²) in [5.74, 6) is 0. The number of nitrogens with zero attached hydrogens (tertiary/aromatic N) is 3. The van der Waals surface area contributed by atoms with Crippen LogP contribution in [0.1, 0.15) is 54.1 Å². The molecule has 1 unspecified atom stereocenters. The quantitative estimate of drug-likeness (QED) is 0.310. The Morgan fingerprint density at radius 2 is 1.42 bits per heavy atom. The van der Waals surface area contributed by atoms with Crippen LogP contribution in [0.2, 0.25) is 0 Å². The fourth-order valence-electron chi connectivity index (χ4n) is 5.83. The van der Waals surface area contributed by atoms with Gasteiger partial charge in [0.2, 0.25) is 0 Å². The summed E-state index contributed by atoms with van der Waals surface area (Å²) >= 11 is 0. The molecule has 0 bridgehead atoms. The zero-order valence-electron chi connectivity index (χ0n) is 20.7. The van der Waals surface area contributed by atoms with E-state index in [-0.39, 0.29) is 17.3 Å². The van der Waals surface area contributed by atoms with Crippen LogP contribution in [-0.4, -0.2) is 22.2 Å². The van der Waals surface area contributed by atoms with Gasteiger partial charge in [-0.1, -0.05) is 48.5 Å². The largest absolute Gasteiger partial charge is 0.416 e. The fraction of sp³-hybridized carbons (Fsp3) is 0.345. The number of hydrogen-bond donors (Lipinski definition) is 0. The van der Waals surface area contributed by atoms with Gasteiger partial charge in [-0.05, 0) is 68.5 Å². The molecule has 5 rings (SSSR count). The zero-order valence-corrected chi connectivity index (χ0v) is 20.7. The molecule has 0 amide bonds. The van der Waals surface area contributed by atoms with E-state index in [1.807, 2.05) is 28.8 Å². The summed E-state index contributed by atoms with van der Waals surface area (Å²) in [6.45, 7) is 7.54. The van der Waals surface area contributed by atoms with Gasteiger partial charge < -0.3 is 4.90 Å². The molecule has 1 aliphatic heterocycles. The van der Waals surface area contributed by atoms with E-state index in [4.69, 9.17) is 0 Å². The zero-order chi connectivity index (χ0) is 25.6. The molecule has 36 heavy (non-hydrogen) atoms. The van der Waals surface area contributed by atoms with Crippen molar-refractivity contribution in [3.8, 4) is 0 Å². The van der Waals surface area contributed by atoms with Crippen molar-refractivity contribution in [1.82, 2.24) is 9.13 Å². The van der Waals surface area contributed by atoms with Crippen LogP contribution in [0.15, 0.2) is 71.5 Å². The van der Waals surface area contributed by atoms with Crippen LogP contribution in [0.3, 0.4) is 0 Å². The number of hydrogen-bond acceptors (Lipinski definition) is 2. The van der Waals surface area contributed by atoms with E-state index in [1.54, 1.807) is 13.0 Å². The molecule has 1 saturated heterocycles. The molecule has 0 N–H and O–H groups in total. The molecule has 0 spiro atoms. The van der Waals surface area contributed by atoms with Gasteiger partial charge in [0.1, 0.15) is 0 Å². The summed E-state index contributed by atoms with van der Waals surface area (Å²) < 4.78 is 44.6. The summed E-state index contributed by atoms with van der Waals surface area (Å²) in [5.41, 5.74) is 4.28. The molecule has 3 aromatic carbocycles. The van der Waals surface area contributed by atoms with Crippen LogP contribution in [-0.2, 0) is 6.18 Å². The number of alkyl halides is 3. The molecular formula is C29H30F3N3O. The van der Waals surface area contributed by atoms with Crippen LogP contribution in [0.5, 0.6) is 0 Å². The number of benzene rings is 3. The Morgan fingerprint density at radius 1 is 0.833 bits per heavy atom. The monoisotopic (exact) mass is 493 g/mol. The van der Waals surface area contributed by atoms with E-state index in [1.165, 1.54) is 33.5 Å². The molecular weight excluding hydrogens is 463 g/mol. The van der Waals surface area contributed by atoms with Crippen molar-refractivity contribution >= 4 is 16.7 Å². The molecule has 0 saturated carbocycles. The summed E-state index contributed by atoms with van der Waals surface area (Å²) in [6, 6.07) is 18.5. The van der Waals surface area contributed by atoms with Gasteiger partial charge in [0.25, 0.3) is 0 Å². The Balaban J connectivity index is 1.53. The number of para-hydroxylation sites is 3. The molecule has 0 radical (unpaired) electrons. The molecule has 2 heterocycles. The molecule has 0 aliphatic carbocycles. The Hall–Kier alpha value is -3.48. The minimum absolute atomic E-state index is 0.0192. The number of piperidine rings is 1. The summed E-state index contributed by atoms with van der Waals surface area (Å²) in [4.78, 5) is 16.2. The van der Waals surface area contributed by atoms with Crippen molar-refractivity contribution < 1.29 is 13.2 Å². The van der Waals surface area contributed by atoms with Gasteiger partial charge in [-0.25, -0.2) is 4.79 Å². The second-order valence-corrected chi connectivity index (χ2v) is 9.73. The fourth-order valence-corrected chi connectivity index (χ4v) is 5.83. The lowest BCUT2D eigenvalue weighted by atomic mass is 10.0. The van der Waals surface area contributed by atoms with Crippen molar-refractivity contribution in [2.75, 3.05) is 18.0 Å². The number of anilines is 1. The number of halogens is 3. The SMILES string of the molecule is Cc1cccc(C)c1N1CCC(n2c(=O)n(C(C)c3ccccc3C(F)(F)F)c3ccccc32)CC1. The minimum Gasteiger partial charge on any atom is -0.371 e. The highest BCUT2D eigenvalue weighted by Gasteiger charge is 2.35. The maximum absolute atomic E-state index is 13.9. The summed E-state index contributed by atoms with van der Waals surface area (Å²) in [7, 11) is 0. The number of rotatable bonds is 4. The summed E-state index contributed by atoms with van der Waals surface area (Å²) in [5, 5.41) is 0. The first-order valence-electron chi connectivity index (χ1n) is 12.4. The van der Waals surface area contributed by atoms with Crippen LogP contribution >= 0.6 is 0 Å². The van der Waals surface area contributed by atoms with E-state index in [0.29, 0.717) is 5.52 Å². The van der Waals surface area contributed by atoms with E-state index < -0.39 is 17.8 Å². The van der Waals surface area contributed by atoms with Crippen LogP contribution in [0, 0.1) is 13.8 Å². The van der Waals surface area contributed by atoms with Gasteiger partial charge in [-0.2, -0.15) is 13.2 Å². The Bertz CT molecular complexity index is 1440. The van der Waals surface area contributed by atoms with E-state index in [9.17, 15) is 18.0 Å². The van der Waals surface area contributed by atoms with Gasteiger partial charge in [-0.3, -0.25) is 9.13 Å². The normalized spacial score (nSPS) is 16.0. The maximum Gasteiger partial charge on any atom is 0.416 e. The topological polar surface area (TPSA) is 30.2 Å². The third kappa shape index (κ3) is 4.10. The minimum atomic E-state index is -4.49. The highest BCUT2D eigenvalue weighted by atomic mass is 19.4. The second kappa shape index (κ2) is 9.19. The first-order chi connectivity index (χ1) is 17.2. The van der Waals surface area contributed by atoms with E-state index in [0.717, 1.165) is 37.5 Å². The molecule has 188 valence electrons. The first-order valence-corrected chi connectivity index (χ1v) is 12.4. The Kier molecular flexibility index (Phi) is 6.18. The van der Waals surface area contributed by atoms with E-state index >= 15 is 0 Å². The average Bonchev–Trinajstić information content (AvgIpc) is 3.15. The predicted molar refractivity (Wildman–Crippen MR) is 138 cm³/mol. The Labute approximate surface area is 208 Å². The van der Waals surface area contributed by atoms with Gasteiger partial charge in [0.05, 0.1) is 22.6 Å². The number of imidazole rings is 1. The lowest BCUT2D eigenvalue weighted by Crippen LogP contribution is -2.38. The van der Waals surface area contributed by atoms with E-state index in [2.05, 4.69) is 36.9 Å². The Morgan fingerprint density at radius 3 is 2.06 bits per heavy atom. The lowest BCUT2D eigenvalue weighted by molar-refractivity contribution is -0.138. The van der Waals surface area contributed by atoms with Crippen molar-refractivity contribution in [2.24, 2.45) is 0 Å². The number of aromatic nitrogens is 2. The molecule has 1 aromatic heterocycles. The van der Waals surface area contributed by atoms with Gasteiger partial charge in [-0.15, -0.1) is 0 Å². The standard InChI is InChI=1S/C29H30F3N3O/c1-19-9-8-10-20(2)27(19)33-17-15-22(16-18-33)35-26-14-7-6-13-25(26)34(28(35)36)21(3)23-11-4-5-12-24(23)29(30,31)32/h4-14,21-22H,15-18H2,1-3H3. The molecule has 1 fully saturated rings. The van der Waals surface area contributed by atoms with Crippen molar-refractivity contribution in [3.05, 3.63) is 99.5 Å². The third-order valence-electron chi connectivity index (χ3n) is 7.50. The highest BCUT2D eigenvalue weighted by molar-refractivity contribution is 5.76. The molecule has 4 aromatic rings. The predicted octanol–water partition coefficient (Wildman–Crippen LogP) is 6.89. The van der Waals surface area contributed by atoms with Gasteiger partial charge in [0, 0.05) is 24.8 Å². The van der Waals surface area contributed by atoms with Crippen LogP contribution < -0.4 is 10.6 Å². The van der Waals surface area contributed by atoms with Crippen molar-refractivity contribution in [2.45, 2.75) is 51.9 Å². The van der Waals surface area contributed by atoms with Gasteiger partial charge >= 0.3 is 11.9 Å². The van der Waals surface area contributed by atoms with Gasteiger partial charge in [0.15, 0.2) is 0 Å². The van der Waals surface area contributed by atoms with Crippen LogP contribution in [0.4, 0.5) is 18.9 Å². The third-order valence-corrected chi connectivity index (χ3v) is 7.50. The lowest BCUT2D eigenvalue weighted by Gasteiger charge is -2.36. The average molecular weight is 494 g/mol. The maximum atomic E-state index is 13.9.